The Morgan fingerprint density at radius 1 is 1.07 bits per heavy atom. The van der Waals surface area contributed by atoms with Gasteiger partial charge in [-0.25, -0.2) is 9.97 Å². The van der Waals surface area contributed by atoms with Crippen molar-refractivity contribution in [1.82, 2.24) is 34.0 Å². The summed E-state index contributed by atoms with van der Waals surface area (Å²) in [6.07, 6.45) is -2.49. The van der Waals surface area contributed by atoms with Gasteiger partial charge in [-0.05, 0) is 69.2 Å². The van der Waals surface area contributed by atoms with E-state index in [4.69, 9.17) is 21.3 Å². The number of aromatic hydroxyl groups is 1. The van der Waals surface area contributed by atoms with Gasteiger partial charge >= 0.3 is 6.18 Å². The molecule has 2 amide bonds. The summed E-state index contributed by atoms with van der Waals surface area (Å²) >= 11 is 6.15. The van der Waals surface area contributed by atoms with Crippen LogP contribution in [0.2, 0.25) is 5.02 Å². The third-order valence-corrected chi connectivity index (χ3v) is 9.76. The molecule has 1 saturated heterocycles. The molecule has 5 aromatic rings. The van der Waals surface area contributed by atoms with Crippen LogP contribution < -0.4 is 20.5 Å². The van der Waals surface area contributed by atoms with Crippen molar-refractivity contribution in [1.29, 1.82) is 0 Å². The Morgan fingerprint density at radius 2 is 1.81 bits per heavy atom. The number of aromatic nitrogens is 6. The molecule has 5 heterocycles. The van der Waals surface area contributed by atoms with Crippen molar-refractivity contribution in [2.24, 2.45) is 0 Å². The molecular formula is C36H35ClF3N9O5. The molecule has 2 N–H and O–H groups in total. The summed E-state index contributed by atoms with van der Waals surface area (Å²) in [5, 5.41) is 17.3. The van der Waals surface area contributed by atoms with Crippen molar-refractivity contribution in [3.05, 3.63) is 86.3 Å². The summed E-state index contributed by atoms with van der Waals surface area (Å²) in [4.78, 5) is 57.2. The van der Waals surface area contributed by atoms with Crippen LogP contribution >= 0.6 is 11.6 Å². The maximum Gasteiger partial charge on any atom is 0.416 e. The maximum atomic E-state index is 14.4. The van der Waals surface area contributed by atoms with E-state index in [1.165, 1.54) is 11.2 Å². The number of nitrogens with zero attached hydrogens (tertiary/aromatic N) is 8. The number of carbonyl (C=O) groups is 2. The van der Waals surface area contributed by atoms with Crippen molar-refractivity contribution in [2.75, 3.05) is 36.4 Å². The van der Waals surface area contributed by atoms with E-state index >= 15 is 0 Å². The molecule has 14 nitrogen and oxygen atoms in total. The van der Waals surface area contributed by atoms with Gasteiger partial charge in [-0.1, -0.05) is 18.5 Å². The SMILES string of the molecule is CCc1c(N2CCN(C(=O)c3ncnc(C)c3O)CC2)c(=O)n2nc(-c3ccc4c(c3)CC(C)(C)O4)nc2n1CC(=O)Nc1ccc(C(F)(F)F)cc1Cl. The summed E-state index contributed by atoms with van der Waals surface area (Å²) < 4.78 is 48.5. The van der Waals surface area contributed by atoms with E-state index in [-0.39, 0.29) is 77.7 Å². The average molecular weight is 766 g/mol. The van der Waals surface area contributed by atoms with Crippen molar-refractivity contribution in [3.63, 3.8) is 0 Å². The zero-order valence-corrected chi connectivity index (χ0v) is 30.4. The lowest BCUT2D eigenvalue weighted by Crippen LogP contribution is -2.51. The van der Waals surface area contributed by atoms with Crippen LogP contribution in [0.3, 0.4) is 0 Å². The Bertz CT molecular complexity index is 2390. The molecule has 0 atom stereocenters. The third kappa shape index (κ3) is 6.79. The van der Waals surface area contributed by atoms with Crippen LogP contribution in [0.5, 0.6) is 11.5 Å². The molecule has 0 radical (unpaired) electrons. The Hall–Kier alpha value is -5.71. The molecule has 0 aliphatic carbocycles. The van der Waals surface area contributed by atoms with Crippen LogP contribution in [0, 0.1) is 6.92 Å². The standard InChI is InChI=1S/C36H35ClF3N9O5/c1-5-25-29(46-10-12-47(13-11-46)32(52)28-30(51)19(2)41-18-42-28)33(53)49-34(44-31(45-49)20-6-9-26-21(14-20)16-35(3,4)54-26)48(25)17-27(50)43-24-8-7-22(15-23(24)37)36(38,39)40/h6-9,14-15,18,51H,5,10-13,16-17H2,1-4H3,(H,43,50). The summed E-state index contributed by atoms with van der Waals surface area (Å²) in [6.45, 7) is 7.76. The third-order valence-electron chi connectivity index (χ3n) is 9.44. The van der Waals surface area contributed by atoms with Gasteiger partial charge in [-0.15, -0.1) is 5.10 Å². The normalized spacial score (nSPS) is 15.3. The number of carbonyl (C=O) groups excluding carboxylic acids is 2. The van der Waals surface area contributed by atoms with Crippen LogP contribution in [-0.4, -0.2) is 82.7 Å². The van der Waals surface area contributed by atoms with Gasteiger partial charge in [-0.2, -0.15) is 22.7 Å². The molecular weight excluding hydrogens is 731 g/mol. The molecule has 0 spiro atoms. The van der Waals surface area contributed by atoms with E-state index < -0.39 is 41.3 Å². The number of benzene rings is 2. The Morgan fingerprint density at radius 3 is 2.50 bits per heavy atom. The molecule has 7 rings (SSSR count). The van der Waals surface area contributed by atoms with E-state index in [2.05, 4.69) is 20.4 Å². The maximum absolute atomic E-state index is 14.4. The Balaban J connectivity index is 1.26. The number of amides is 2. The first-order valence-electron chi connectivity index (χ1n) is 17.1. The van der Waals surface area contributed by atoms with Crippen LogP contribution in [0.1, 0.15) is 53.8 Å². The van der Waals surface area contributed by atoms with Crippen LogP contribution in [0.15, 0.2) is 47.5 Å². The van der Waals surface area contributed by atoms with Crippen molar-refractivity contribution >= 4 is 40.6 Å². The number of anilines is 2. The van der Waals surface area contributed by atoms with Gasteiger partial charge in [0.25, 0.3) is 11.5 Å². The molecule has 18 heteroatoms. The van der Waals surface area contributed by atoms with Crippen molar-refractivity contribution in [2.45, 2.75) is 58.9 Å². The lowest BCUT2D eigenvalue weighted by molar-refractivity contribution is -0.137. The monoisotopic (exact) mass is 765 g/mol. The highest BCUT2D eigenvalue weighted by Gasteiger charge is 2.33. The number of ether oxygens (including phenoxy) is 1. The molecule has 2 aliphatic rings. The molecule has 2 aromatic carbocycles. The lowest BCUT2D eigenvalue weighted by Gasteiger charge is -2.36. The fourth-order valence-corrected chi connectivity index (χ4v) is 7.06. The van der Waals surface area contributed by atoms with Gasteiger partial charge in [0.2, 0.25) is 11.7 Å². The number of nitrogens with one attached hydrogen (secondary N) is 1. The second-order valence-corrected chi connectivity index (χ2v) is 14.1. The average Bonchev–Trinajstić information content (AvgIpc) is 3.71. The second kappa shape index (κ2) is 13.6. The van der Waals surface area contributed by atoms with Gasteiger partial charge in [0.1, 0.15) is 29.9 Å². The van der Waals surface area contributed by atoms with Gasteiger partial charge in [0.05, 0.1) is 27.7 Å². The number of rotatable bonds is 7. The molecule has 54 heavy (non-hydrogen) atoms. The molecule has 2 aliphatic heterocycles. The predicted molar refractivity (Wildman–Crippen MR) is 192 cm³/mol. The first kappa shape index (κ1) is 36.6. The minimum absolute atomic E-state index is 0.0267. The first-order chi connectivity index (χ1) is 25.5. The topological polar surface area (TPSA) is 160 Å². The number of alkyl halides is 3. The number of piperazine rings is 1. The quantitative estimate of drug-likeness (QED) is 0.233. The fraction of sp³-hybridized carbons (Fsp3) is 0.361. The Labute approximate surface area is 311 Å². The van der Waals surface area contributed by atoms with Crippen LogP contribution in [0.4, 0.5) is 24.5 Å². The minimum Gasteiger partial charge on any atom is -0.504 e. The minimum atomic E-state index is -4.62. The number of fused-ring (bicyclic) bond motifs is 2. The number of hydrogen-bond donors (Lipinski definition) is 2. The van der Waals surface area contributed by atoms with E-state index in [0.29, 0.717) is 17.7 Å². The highest BCUT2D eigenvalue weighted by Crippen LogP contribution is 2.37. The number of halogens is 4. The van der Waals surface area contributed by atoms with E-state index in [9.17, 15) is 32.7 Å². The summed E-state index contributed by atoms with van der Waals surface area (Å²) in [5.74, 6) is -0.379. The fourth-order valence-electron chi connectivity index (χ4n) is 6.83. The zero-order valence-electron chi connectivity index (χ0n) is 29.7. The van der Waals surface area contributed by atoms with Gasteiger partial charge < -0.3 is 29.5 Å². The lowest BCUT2D eigenvalue weighted by atomic mass is 10.00. The van der Waals surface area contributed by atoms with Gasteiger partial charge in [0.15, 0.2) is 17.3 Å². The molecule has 0 saturated carbocycles. The molecule has 282 valence electrons. The molecule has 0 unspecified atom stereocenters. The van der Waals surface area contributed by atoms with Crippen LogP contribution in [0.25, 0.3) is 17.2 Å². The van der Waals surface area contributed by atoms with E-state index in [1.54, 1.807) is 17.6 Å². The molecule has 1 fully saturated rings. The summed E-state index contributed by atoms with van der Waals surface area (Å²) in [7, 11) is 0. The highest BCUT2D eigenvalue weighted by molar-refractivity contribution is 6.33. The van der Waals surface area contributed by atoms with E-state index in [1.807, 2.05) is 37.8 Å². The van der Waals surface area contributed by atoms with Crippen molar-refractivity contribution in [3.8, 4) is 22.9 Å². The van der Waals surface area contributed by atoms with Gasteiger partial charge in [-0.3, -0.25) is 14.4 Å². The van der Waals surface area contributed by atoms with E-state index in [0.717, 1.165) is 34.0 Å². The second-order valence-electron chi connectivity index (χ2n) is 13.7. The van der Waals surface area contributed by atoms with Crippen molar-refractivity contribution < 1.29 is 32.6 Å². The largest absolute Gasteiger partial charge is 0.504 e. The Kier molecular flexibility index (Phi) is 9.23. The number of hydrogen-bond acceptors (Lipinski definition) is 10. The van der Waals surface area contributed by atoms with Gasteiger partial charge in [0, 0.05) is 38.2 Å². The first-order valence-corrected chi connectivity index (χ1v) is 17.5. The predicted octanol–water partition coefficient (Wildman–Crippen LogP) is 4.91. The molecule has 0 bridgehead atoms. The smallest absolute Gasteiger partial charge is 0.416 e. The summed E-state index contributed by atoms with van der Waals surface area (Å²) in [6, 6.07) is 8.15. The summed E-state index contributed by atoms with van der Waals surface area (Å²) in [5.41, 5.74) is 0.551. The van der Waals surface area contributed by atoms with Crippen LogP contribution in [-0.2, 0) is 30.4 Å². The highest BCUT2D eigenvalue weighted by atomic mass is 35.5. The zero-order chi connectivity index (χ0) is 38.7. The molecule has 3 aromatic heterocycles. The number of aryl methyl sites for hydroxylation is 1.